The van der Waals surface area contributed by atoms with Crippen molar-refractivity contribution in [2.45, 2.75) is 37.8 Å². The van der Waals surface area contributed by atoms with Crippen molar-refractivity contribution in [3.05, 3.63) is 28.2 Å². The largest absolute Gasteiger partial charge is 0.381 e. The summed E-state index contributed by atoms with van der Waals surface area (Å²) in [7, 11) is 0. The molecule has 18 heavy (non-hydrogen) atoms. The minimum atomic E-state index is 0.528. The van der Waals surface area contributed by atoms with Crippen molar-refractivity contribution >= 4 is 28.9 Å². The monoisotopic (exact) mass is 284 g/mol. The van der Waals surface area contributed by atoms with Gasteiger partial charge < -0.3 is 10.2 Å². The Hall–Kier alpha value is -0.440. The highest BCUT2D eigenvalue weighted by atomic mass is 35.5. The van der Waals surface area contributed by atoms with Crippen molar-refractivity contribution in [1.29, 1.82) is 0 Å². The molecule has 2 heterocycles. The second-order valence-corrected chi connectivity index (χ2v) is 6.08. The molecule has 0 bridgehead atoms. The Morgan fingerprint density at radius 1 is 1.17 bits per heavy atom. The number of hydrogen-bond acceptors (Lipinski definition) is 2. The predicted molar refractivity (Wildman–Crippen MR) is 77.7 cm³/mol. The molecule has 1 N–H and O–H groups in total. The predicted octanol–water partition coefficient (Wildman–Crippen LogP) is 4.03. The van der Waals surface area contributed by atoms with Crippen molar-refractivity contribution in [1.82, 2.24) is 4.90 Å². The molecule has 0 saturated carbocycles. The van der Waals surface area contributed by atoms with E-state index < -0.39 is 0 Å². The number of nitrogens with zero attached hydrogens (tertiary/aromatic N) is 1. The van der Waals surface area contributed by atoms with Gasteiger partial charge in [0.15, 0.2) is 0 Å². The Kier molecular flexibility index (Phi) is 3.69. The molecule has 2 aliphatic heterocycles. The Morgan fingerprint density at radius 2 is 2.06 bits per heavy atom. The van der Waals surface area contributed by atoms with Gasteiger partial charge in [0.2, 0.25) is 0 Å². The van der Waals surface area contributed by atoms with E-state index in [2.05, 4.69) is 10.2 Å². The number of halogens is 2. The normalized spacial score (nSPS) is 28.1. The molecule has 2 nitrogen and oxygen atoms in total. The molecule has 4 heteroatoms. The summed E-state index contributed by atoms with van der Waals surface area (Å²) in [6.45, 7) is 2.50. The maximum Gasteiger partial charge on any atom is 0.0823 e. The van der Waals surface area contributed by atoms with Gasteiger partial charge in [-0.1, -0.05) is 29.3 Å². The number of benzene rings is 1. The summed E-state index contributed by atoms with van der Waals surface area (Å²) >= 11 is 12.3. The fourth-order valence-electron chi connectivity index (χ4n) is 3.19. The van der Waals surface area contributed by atoms with Crippen LogP contribution in [-0.2, 0) is 0 Å². The van der Waals surface area contributed by atoms with Gasteiger partial charge in [-0.05, 0) is 44.4 Å². The first-order valence-electron chi connectivity index (χ1n) is 6.68. The summed E-state index contributed by atoms with van der Waals surface area (Å²) in [5.74, 6) is 0. The van der Waals surface area contributed by atoms with Crippen molar-refractivity contribution < 1.29 is 0 Å². The van der Waals surface area contributed by atoms with Crippen LogP contribution in [-0.4, -0.2) is 30.1 Å². The van der Waals surface area contributed by atoms with Crippen molar-refractivity contribution in [3.63, 3.8) is 0 Å². The van der Waals surface area contributed by atoms with Crippen LogP contribution in [0.15, 0.2) is 18.2 Å². The Bertz CT molecular complexity index is 436. The van der Waals surface area contributed by atoms with Crippen molar-refractivity contribution in [2.24, 2.45) is 0 Å². The Labute approximate surface area is 118 Å². The third kappa shape index (κ3) is 2.47. The molecule has 2 atom stereocenters. The van der Waals surface area contributed by atoms with Gasteiger partial charge in [-0.15, -0.1) is 0 Å². The number of rotatable bonds is 2. The molecule has 0 aromatic heterocycles. The van der Waals surface area contributed by atoms with Gasteiger partial charge >= 0.3 is 0 Å². The molecule has 98 valence electrons. The van der Waals surface area contributed by atoms with Crippen LogP contribution >= 0.6 is 23.2 Å². The van der Waals surface area contributed by atoms with E-state index in [1.54, 1.807) is 0 Å². The van der Waals surface area contributed by atoms with Crippen LogP contribution in [0, 0.1) is 0 Å². The van der Waals surface area contributed by atoms with E-state index >= 15 is 0 Å². The van der Waals surface area contributed by atoms with Gasteiger partial charge in [-0.2, -0.15) is 0 Å². The number of nitrogens with one attached hydrogen (secondary N) is 1. The van der Waals surface area contributed by atoms with E-state index in [4.69, 9.17) is 23.2 Å². The molecule has 1 aromatic rings. The van der Waals surface area contributed by atoms with Gasteiger partial charge in [-0.3, -0.25) is 0 Å². The first-order chi connectivity index (χ1) is 8.74. The summed E-state index contributed by atoms with van der Waals surface area (Å²) in [6.07, 6.45) is 5.12. The lowest BCUT2D eigenvalue weighted by atomic mass is 9.97. The van der Waals surface area contributed by atoms with Gasteiger partial charge in [0.1, 0.15) is 0 Å². The van der Waals surface area contributed by atoms with Crippen molar-refractivity contribution in [2.75, 3.05) is 18.4 Å². The third-order valence-corrected chi connectivity index (χ3v) is 4.95. The van der Waals surface area contributed by atoms with E-state index in [9.17, 15) is 0 Å². The quantitative estimate of drug-likeness (QED) is 0.882. The minimum Gasteiger partial charge on any atom is -0.381 e. The average Bonchev–Trinajstić information content (AvgIpc) is 2.82. The SMILES string of the molecule is Clc1cccc(NC2CCN3CCCC3C2)c1Cl. The molecule has 0 amide bonds. The lowest BCUT2D eigenvalue weighted by Crippen LogP contribution is -2.42. The zero-order chi connectivity index (χ0) is 12.5. The fourth-order valence-corrected chi connectivity index (χ4v) is 3.55. The summed E-state index contributed by atoms with van der Waals surface area (Å²) in [4.78, 5) is 2.62. The number of fused-ring (bicyclic) bond motifs is 1. The molecule has 2 aliphatic rings. The molecular formula is C14H18Cl2N2. The van der Waals surface area contributed by atoms with Crippen LogP contribution in [0.1, 0.15) is 25.7 Å². The highest BCUT2D eigenvalue weighted by molar-refractivity contribution is 6.43. The molecule has 2 saturated heterocycles. The standard InChI is InChI=1S/C14H18Cl2N2/c15-12-4-1-5-13(14(12)16)17-10-6-8-18-7-2-3-11(18)9-10/h1,4-5,10-11,17H,2-3,6-9H2. The number of piperidine rings is 1. The summed E-state index contributed by atoms with van der Waals surface area (Å²) in [5.41, 5.74) is 0.973. The van der Waals surface area contributed by atoms with Crippen LogP contribution in [0.5, 0.6) is 0 Å². The smallest absolute Gasteiger partial charge is 0.0823 e. The molecule has 2 unspecified atom stereocenters. The van der Waals surface area contributed by atoms with Gasteiger partial charge in [0.25, 0.3) is 0 Å². The Balaban J connectivity index is 1.68. The van der Waals surface area contributed by atoms with E-state index in [0.717, 1.165) is 11.7 Å². The molecule has 3 rings (SSSR count). The zero-order valence-corrected chi connectivity index (χ0v) is 11.8. The second-order valence-electron chi connectivity index (χ2n) is 5.30. The molecule has 2 fully saturated rings. The second kappa shape index (κ2) is 5.28. The first-order valence-corrected chi connectivity index (χ1v) is 7.44. The molecule has 0 radical (unpaired) electrons. The lowest BCUT2D eigenvalue weighted by molar-refractivity contribution is 0.188. The fraction of sp³-hybridized carbons (Fsp3) is 0.571. The van der Waals surface area contributed by atoms with Crippen LogP contribution in [0.2, 0.25) is 10.0 Å². The van der Waals surface area contributed by atoms with Crippen LogP contribution in [0.25, 0.3) is 0 Å². The van der Waals surface area contributed by atoms with Gasteiger partial charge in [0, 0.05) is 18.6 Å². The Morgan fingerprint density at radius 3 is 2.94 bits per heavy atom. The molecule has 0 spiro atoms. The molecule has 1 aromatic carbocycles. The number of anilines is 1. The van der Waals surface area contributed by atoms with E-state index in [-0.39, 0.29) is 0 Å². The maximum atomic E-state index is 6.22. The van der Waals surface area contributed by atoms with Crippen LogP contribution in [0.4, 0.5) is 5.69 Å². The van der Waals surface area contributed by atoms with Crippen molar-refractivity contribution in [3.8, 4) is 0 Å². The topological polar surface area (TPSA) is 15.3 Å². The van der Waals surface area contributed by atoms with Gasteiger partial charge in [0.05, 0.1) is 15.7 Å². The summed E-state index contributed by atoms with van der Waals surface area (Å²) < 4.78 is 0. The van der Waals surface area contributed by atoms with E-state index in [1.165, 1.54) is 38.8 Å². The highest BCUT2D eigenvalue weighted by Crippen LogP contribution is 2.33. The minimum absolute atomic E-state index is 0.528. The first kappa shape index (κ1) is 12.6. The van der Waals surface area contributed by atoms with E-state index in [1.807, 2.05) is 18.2 Å². The lowest BCUT2D eigenvalue weighted by Gasteiger charge is -2.35. The average molecular weight is 285 g/mol. The molecular weight excluding hydrogens is 267 g/mol. The van der Waals surface area contributed by atoms with Crippen LogP contribution < -0.4 is 5.32 Å². The molecule has 0 aliphatic carbocycles. The maximum absolute atomic E-state index is 6.22. The summed E-state index contributed by atoms with van der Waals surface area (Å²) in [6, 6.07) is 7.08. The van der Waals surface area contributed by atoms with Crippen LogP contribution in [0.3, 0.4) is 0 Å². The van der Waals surface area contributed by atoms with Gasteiger partial charge in [-0.25, -0.2) is 0 Å². The summed E-state index contributed by atoms with van der Waals surface area (Å²) in [5, 5.41) is 4.83. The van der Waals surface area contributed by atoms with E-state index in [0.29, 0.717) is 16.1 Å². The zero-order valence-electron chi connectivity index (χ0n) is 10.3. The highest BCUT2D eigenvalue weighted by Gasteiger charge is 2.31. The third-order valence-electron chi connectivity index (χ3n) is 4.13. The number of hydrogen-bond donors (Lipinski definition) is 1.